The fourth-order valence-corrected chi connectivity index (χ4v) is 1.83. The number of aryl methyl sites for hydroxylation is 1. The molecule has 0 amide bonds. The van der Waals surface area contributed by atoms with Gasteiger partial charge in [0.15, 0.2) is 0 Å². The second-order valence-corrected chi connectivity index (χ2v) is 4.05. The quantitative estimate of drug-likeness (QED) is 0.623. The van der Waals surface area contributed by atoms with Crippen LogP contribution in [-0.2, 0) is 6.42 Å². The average Bonchev–Trinajstić information content (AvgIpc) is 2.41. The Balaban J connectivity index is 2.02. The summed E-state index contributed by atoms with van der Waals surface area (Å²) in [6, 6.07) is 5.25. The number of aromatic nitrogens is 2. The molecule has 4 nitrogen and oxygen atoms in total. The van der Waals surface area contributed by atoms with Crippen molar-refractivity contribution in [3.05, 3.63) is 59.9 Å². The fraction of sp³-hybridized carbons (Fsp3) is 0.231. The standard InChI is InChI=1S/C13H15FN4/c14-12-7-11(8-17-9-12)13(18-15)2-1-10-3-5-16-6-4-10/h3-9,13,18H,1-2,15H2. The number of rotatable bonds is 5. The van der Waals surface area contributed by atoms with Crippen molar-refractivity contribution < 1.29 is 4.39 Å². The van der Waals surface area contributed by atoms with Crippen LogP contribution in [0.25, 0.3) is 0 Å². The molecule has 18 heavy (non-hydrogen) atoms. The molecule has 2 rings (SSSR count). The largest absolute Gasteiger partial charge is 0.271 e. The van der Waals surface area contributed by atoms with E-state index in [1.807, 2.05) is 12.1 Å². The second-order valence-electron chi connectivity index (χ2n) is 4.05. The molecule has 0 aromatic carbocycles. The highest BCUT2D eigenvalue weighted by molar-refractivity contribution is 5.16. The van der Waals surface area contributed by atoms with E-state index in [0.717, 1.165) is 18.4 Å². The van der Waals surface area contributed by atoms with Crippen LogP contribution in [0.4, 0.5) is 4.39 Å². The van der Waals surface area contributed by atoms with Gasteiger partial charge in [-0.1, -0.05) is 0 Å². The van der Waals surface area contributed by atoms with Crippen molar-refractivity contribution in [2.45, 2.75) is 18.9 Å². The SMILES string of the molecule is NNC(CCc1ccncc1)c1cncc(F)c1. The van der Waals surface area contributed by atoms with E-state index in [2.05, 4.69) is 15.4 Å². The van der Waals surface area contributed by atoms with Crippen molar-refractivity contribution in [1.29, 1.82) is 0 Å². The minimum absolute atomic E-state index is 0.110. The van der Waals surface area contributed by atoms with Crippen LogP contribution in [0.5, 0.6) is 0 Å². The molecule has 2 aromatic rings. The Morgan fingerprint density at radius 1 is 1.22 bits per heavy atom. The van der Waals surface area contributed by atoms with E-state index < -0.39 is 0 Å². The van der Waals surface area contributed by atoms with Crippen LogP contribution in [-0.4, -0.2) is 9.97 Å². The second kappa shape index (κ2) is 6.18. The number of hydrogen-bond donors (Lipinski definition) is 2. The van der Waals surface area contributed by atoms with E-state index >= 15 is 0 Å². The van der Waals surface area contributed by atoms with Crippen LogP contribution in [0.1, 0.15) is 23.6 Å². The fourth-order valence-electron chi connectivity index (χ4n) is 1.83. The Hall–Kier alpha value is -1.85. The van der Waals surface area contributed by atoms with Gasteiger partial charge in [-0.05, 0) is 42.2 Å². The van der Waals surface area contributed by atoms with Crippen LogP contribution in [0.3, 0.4) is 0 Å². The van der Waals surface area contributed by atoms with Gasteiger partial charge in [0.2, 0.25) is 0 Å². The zero-order chi connectivity index (χ0) is 12.8. The average molecular weight is 246 g/mol. The van der Waals surface area contributed by atoms with Crippen molar-refractivity contribution in [1.82, 2.24) is 15.4 Å². The van der Waals surface area contributed by atoms with Gasteiger partial charge in [-0.2, -0.15) is 0 Å². The Morgan fingerprint density at radius 3 is 2.67 bits per heavy atom. The molecular formula is C13H15FN4. The number of hydrogen-bond acceptors (Lipinski definition) is 4. The predicted octanol–water partition coefficient (Wildman–Crippen LogP) is 1.75. The smallest absolute Gasteiger partial charge is 0.141 e. The van der Waals surface area contributed by atoms with E-state index in [1.165, 1.54) is 17.8 Å². The van der Waals surface area contributed by atoms with Crippen molar-refractivity contribution in [3.63, 3.8) is 0 Å². The van der Waals surface area contributed by atoms with Gasteiger partial charge in [0.05, 0.1) is 6.20 Å². The van der Waals surface area contributed by atoms with Crippen LogP contribution in [0.15, 0.2) is 43.0 Å². The minimum Gasteiger partial charge on any atom is -0.271 e. The Kier molecular flexibility index (Phi) is 4.33. The lowest BCUT2D eigenvalue weighted by atomic mass is 10.0. The number of nitrogens with one attached hydrogen (secondary N) is 1. The number of nitrogens with two attached hydrogens (primary N) is 1. The Morgan fingerprint density at radius 2 is 2.00 bits per heavy atom. The third-order valence-electron chi connectivity index (χ3n) is 2.80. The molecule has 1 atom stereocenters. The van der Waals surface area contributed by atoms with Gasteiger partial charge >= 0.3 is 0 Å². The number of nitrogens with zero attached hydrogens (tertiary/aromatic N) is 2. The molecule has 5 heteroatoms. The number of hydrazine groups is 1. The van der Waals surface area contributed by atoms with Gasteiger partial charge < -0.3 is 0 Å². The molecule has 0 fully saturated rings. The van der Waals surface area contributed by atoms with Crippen molar-refractivity contribution >= 4 is 0 Å². The third kappa shape index (κ3) is 3.32. The van der Waals surface area contributed by atoms with E-state index in [0.29, 0.717) is 0 Å². The van der Waals surface area contributed by atoms with Gasteiger partial charge in [0, 0.05) is 24.6 Å². The summed E-state index contributed by atoms with van der Waals surface area (Å²) in [6.07, 6.45) is 7.92. The van der Waals surface area contributed by atoms with Gasteiger partial charge in [-0.3, -0.25) is 21.2 Å². The highest BCUT2D eigenvalue weighted by Crippen LogP contribution is 2.18. The topological polar surface area (TPSA) is 63.8 Å². The molecule has 0 spiro atoms. The van der Waals surface area contributed by atoms with Crippen molar-refractivity contribution in [2.75, 3.05) is 0 Å². The van der Waals surface area contributed by atoms with Crippen molar-refractivity contribution in [3.8, 4) is 0 Å². The molecule has 0 radical (unpaired) electrons. The zero-order valence-corrected chi connectivity index (χ0v) is 9.88. The van der Waals surface area contributed by atoms with Crippen molar-refractivity contribution in [2.24, 2.45) is 5.84 Å². The lowest BCUT2D eigenvalue weighted by molar-refractivity contribution is 0.509. The Bertz CT molecular complexity index is 489. The van der Waals surface area contributed by atoms with E-state index in [-0.39, 0.29) is 11.9 Å². The first-order chi connectivity index (χ1) is 8.79. The molecule has 0 saturated heterocycles. The first kappa shape index (κ1) is 12.6. The normalized spacial score (nSPS) is 12.3. The molecule has 2 aromatic heterocycles. The molecule has 0 bridgehead atoms. The maximum Gasteiger partial charge on any atom is 0.141 e. The maximum atomic E-state index is 13.1. The minimum atomic E-state index is -0.350. The van der Waals surface area contributed by atoms with Gasteiger partial charge in [0.1, 0.15) is 5.82 Å². The summed E-state index contributed by atoms with van der Waals surface area (Å²) in [5.41, 5.74) is 4.63. The predicted molar refractivity (Wildman–Crippen MR) is 66.8 cm³/mol. The lowest BCUT2D eigenvalue weighted by Crippen LogP contribution is -2.28. The highest BCUT2D eigenvalue weighted by atomic mass is 19.1. The summed E-state index contributed by atoms with van der Waals surface area (Å²) in [7, 11) is 0. The first-order valence-electron chi connectivity index (χ1n) is 5.75. The third-order valence-corrected chi connectivity index (χ3v) is 2.80. The highest BCUT2D eigenvalue weighted by Gasteiger charge is 2.10. The van der Waals surface area contributed by atoms with E-state index in [4.69, 9.17) is 5.84 Å². The summed E-state index contributed by atoms with van der Waals surface area (Å²) in [5, 5.41) is 0. The first-order valence-corrected chi connectivity index (χ1v) is 5.75. The van der Waals surface area contributed by atoms with Gasteiger partial charge in [0.25, 0.3) is 0 Å². The summed E-state index contributed by atoms with van der Waals surface area (Å²) in [4.78, 5) is 7.79. The zero-order valence-electron chi connectivity index (χ0n) is 9.88. The molecule has 0 saturated carbocycles. The van der Waals surface area contributed by atoms with Crippen LogP contribution < -0.4 is 11.3 Å². The number of pyridine rings is 2. The molecule has 0 aliphatic carbocycles. The monoisotopic (exact) mass is 246 g/mol. The van der Waals surface area contributed by atoms with E-state index in [1.54, 1.807) is 18.6 Å². The molecule has 1 unspecified atom stereocenters. The van der Waals surface area contributed by atoms with Gasteiger partial charge in [-0.25, -0.2) is 4.39 Å². The summed E-state index contributed by atoms with van der Waals surface area (Å²) in [5.74, 6) is 5.16. The molecule has 0 aliphatic heterocycles. The summed E-state index contributed by atoms with van der Waals surface area (Å²) < 4.78 is 13.1. The molecular weight excluding hydrogens is 231 g/mol. The van der Waals surface area contributed by atoms with Gasteiger partial charge in [-0.15, -0.1) is 0 Å². The Labute approximate surface area is 105 Å². The van der Waals surface area contributed by atoms with Crippen LogP contribution in [0.2, 0.25) is 0 Å². The van der Waals surface area contributed by atoms with E-state index in [9.17, 15) is 4.39 Å². The summed E-state index contributed by atoms with van der Waals surface area (Å²) in [6.45, 7) is 0. The summed E-state index contributed by atoms with van der Waals surface area (Å²) >= 11 is 0. The van der Waals surface area contributed by atoms with Crippen LogP contribution in [0, 0.1) is 5.82 Å². The molecule has 94 valence electrons. The number of halogens is 1. The maximum absolute atomic E-state index is 13.1. The molecule has 3 N–H and O–H groups in total. The molecule has 2 heterocycles. The lowest BCUT2D eigenvalue weighted by Gasteiger charge is -2.15. The van der Waals surface area contributed by atoms with Crippen LogP contribution >= 0.6 is 0 Å². The molecule has 0 aliphatic rings.